The predicted molar refractivity (Wildman–Crippen MR) is 69.4 cm³/mol. The van der Waals surface area contributed by atoms with E-state index in [1.807, 2.05) is 6.07 Å². The Bertz CT molecular complexity index is 374. The fraction of sp³-hybridized carbons (Fsp3) is 0.643. The zero-order valence-electron chi connectivity index (χ0n) is 10.3. The van der Waals surface area contributed by atoms with E-state index in [0.29, 0.717) is 0 Å². The molecule has 0 radical (unpaired) electrons. The number of rotatable bonds is 2. The van der Waals surface area contributed by atoms with Crippen LogP contribution in [0, 0.1) is 5.92 Å². The average Bonchev–Trinajstić information content (AvgIpc) is 2.76. The van der Waals surface area contributed by atoms with Crippen molar-refractivity contribution >= 4 is 5.69 Å². The summed E-state index contributed by atoms with van der Waals surface area (Å²) in [5.74, 6) is 0.956. The van der Waals surface area contributed by atoms with E-state index in [1.165, 1.54) is 38.6 Å². The highest BCUT2D eigenvalue weighted by atomic mass is 15.2. The number of hydrogen-bond acceptors (Lipinski definition) is 3. The van der Waals surface area contributed by atoms with Gasteiger partial charge in [-0.15, -0.1) is 0 Å². The monoisotopic (exact) mass is 231 g/mol. The van der Waals surface area contributed by atoms with Crippen LogP contribution in [0.1, 0.15) is 37.8 Å². The van der Waals surface area contributed by atoms with Crippen molar-refractivity contribution in [3.05, 3.63) is 24.0 Å². The highest BCUT2D eigenvalue weighted by Gasteiger charge is 2.35. The van der Waals surface area contributed by atoms with E-state index in [0.717, 1.165) is 29.9 Å². The quantitative estimate of drug-likeness (QED) is 0.850. The van der Waals surface area contributed by atoms with Crippen molar-refractivity contribution in [1.29, 1.82) is 0 Å². The molecule has 2 unspecified atom stereocenters. The number of anilines is 1. The highest BCUT2D eigenvalue weighted by Crippen LogP contribution is 2.36. The molecule has 3 rings (SSSR count). The van der Waals surface area contributed by atoms with E-state index >= 15 is 0 Å². The van der Waals surface area contributed by atoms with Gasteiger partial charge in [0.15, 0.2) is 0 Å². The summed E-state index contributed by atoms with van der Waals surface area (Å²) in [5.41, 5.74) is 7.58. The van der Waals surface area contributed by atoms with Crippen molar-refractivity contribution in [2.75, 3.05) is 12.3 Å². The minimum atomic E-state index is 0.755. The Morgan fingerprint density at radius 3 is 2.94 bits per heavy atom. The molecule has 2 aliphatic rings. The SMILES string of the molecule is Nc1ccc(CN2CCC3CCCCC32)nc1. The van der Waals surface area contributed by atoms with Crippen LogP contribution in [-0.2, 0) is 6.54 Å². The first-order valence-electron chi connectivity index (χ1n) is 6.77. The van der Waals surface area contributed by atoms with E-state index in [2.05, 4.69) is 16.0 Å². The number of hydrogen-bond donors (Lipinski definition) is 1. The van der Waals surface area contributed by atoms with Crippen LogP contribution >= 0.6 is 0 Å². The lowest BCUT2D eigenvalue weighted by molar-refractivity contribution is 0.174. The molecule has 3 heteroatoms. The molecule has 2 N–H and O–H groups in total. The van der Waals surface area contributed by atoms with Crippen molar-refractivity contribution in [3.8, 4) is 0 Å². The Labute approximate surface area is 103 Å². The van der Waals surface area contributed by atoms with Gasteiger partial charge >= 0.3 is 0 Å². The van der Waals surface area contributed by atoms with Crippen molar-refractivity contribution in [2.24, 2.45) is 5.92 Å². The van der Waals surface area contributed by atoms with Crippen LogP contribution in [0.4, 0.5) is 5.69 Å². The second kappa shape index (κ2) is 4.65. The van der Waals surface area contributed by atoms with Crippen LogP contribution in [-0.4, -0.2) is 22.5 Å². The fourth-order valence-corrected chi connectivity index (χ4v) is 3.44. The maximum atomic E-state index is 5.66. The fourth-order valence-electron chi connectivity index (χ4n) is 3.44. The van der Waals surface area contributed by atoms with Gasteiger partial charge in [-0.25, -0.2) is 0 Å². The molecule has 17 heavy (non-hydrogen) atoms. The van der Waals surface area contributed by atoms with Gasteiger partial charge in [-0.1, -0.05) is 12.8 Å². The molecule has 1 aromatic heterocycles. The van der Waals surface area contributed by atoms with Gasteiger partial charge in [0.25, 0.3) is 0 Å². The first-order chi connectivity index (χ1) is 8.33. The summed E-state index contributed by atoms with van der Waals surface area (Å²) in [5, 5.41) is 0. The minimum Gasteiger partial charge on any atom is -0.397 e. The number of nitrogens with two attached hydrogens (primary N) is 1. The Hall–Kier alpha value is -1.09. The van der Waals surface area contributed by atoms with Crippen molar-refractivity contribution in [1.82, 2.24) is 9.88 Å². The van der Waals surface area contributed by atoms with E-state index < -0.39 is 0 Å². The van der Waals surface area contributed by atoms with Gasteiger partial charge < -0.3 is 5.73 Å². The maximum Gasteiger partial charge on any atom is 0.0545 e. The van der Waals surface area contributed by atoms with E-state index in [-0.39, 0.29) is 0 Å². The van der Waals surface area contributed by atoms with E-state index in [9.17, 15) is 0 Å². The zero-order valence-corrected chi connectivity index (χ0v) is 10.3. The summed E-state index contributed by atoms with van der Waals surface area (Å²) >= 11 is 0. The smallest absolute Gasteiger partial charge is 0.0545 e. The number of likely N-dealkylation sites (tertiary alicyclic amines) is 1. The lowest BCUT2D eigenvalue weighted by Gasteiger charge is -2.31. The molecule has 92 valence electrons. The molecule has 3 nitrogen and oxygen atoms in total. The summed E-state index contributed by atoms with van der Waals surface area (Å²) in [6, 6.07) is 4.84. The molecule has 0 spiro atoms. The van der Waals surface area contributed by atoms with Crippen molar-refractivity contribution in [2.45, 2.75) is 44.7 Å². The molecule has 1 saturated heterocycles. The first kappa shape index (κ1) is 11.0. The third kappa shape index (κ3) is 2.29. The standard InChI is InChI=1S/C14H21N3/c15-12-5-6-13(16-9-12)10-17-8-7-11-3-1-2-4-14(11)17/h5-6,9,11,14H,1-4,7-8,10,15H2. The minimum absolute atomic E-state index is 0.755. The lowest BCUT2D eigenvalue weighted by atomic mass is 9.85. The molecule has 2 atom stereocenters. The molecule has 1 aromatic rings. The number of fused-ring (bicyclic) bond motifs is 1. The van der Waals surface area contributed by atoms with Gasteiger partial charge in [0.2, 0.25) is 0 Å². The summed E-state index contributed by atoms with van der Waals surface area (Å²) < 4.78 is 0. The number of nitrogens with zero attached hydrogens (tertiary/aromatic N) is 2. The Balaban J connectivity index is 1.67. The third-order valence-corrected chi connectivity index (χ3v) is 4.34. The molecule has 0 bridgehead atoms. The molecule has 1 aliphatic heterocycles. The van der Waals surface area contributed by atoms with Gasteiger partial charge in [0.05, 0.1) is 17.6 Å². The van der Waals surface area contributed by atoms with Crippen LogP contribution in [0.2, 0.25) is 0 Å². The predicted octanol–water partition coefficient (Wildman–Crippen LogP) is 2.43. The summed E-state index contributed by atoms with van der Waals surface area (Å²) in [4.78, 5) is 7.04. The third-order valence-electron chi connectivity index (χ3n) is 4.34. The molecule has 0 aromatic carbocycles. The summed E-state index contributed by atoms with van der Waals surface area (Å²) in [6.45, 7) is 2.25. The maximum absolute atomic E-state index is 5.66. The first-order valence-corrected chi connectivity index (χ1v) is 6.77. The molecule has 2 heterocycles. The van der Waals surface area contributed by atoms with Gasteiger partial charge in [-0.05, 0) is 43.9 Å². The van der Waals surface area contributed by atoms with Crippen molar-refractivity contribution < 1.29 is 0 Å². The number of aromatic nitrogens is 1. The van der Waals surface area contributed by atoms with Gasteiger partial charge in [-0.3, -0.25) is 9.88 Å². The second-order valence-corrected chi connectivity index (χ2v) is 5.45. The van der Waals surface area contributed by atoms with E-state index in [1.54, 1.807) is 6.20 Å². The number of pyridine rings is 1. The van der Waals surface area contributed by atoms with Crippen LogP contribution in [0.25, 0.3) is 0 Å². The molecular formula is C14H21N3. The average molecular weight is 231 g/mol. The second-order valence-electron chi connectivity index (χ2n) is 5.45. The number of nitrogen functional groups attached to an aromatic ring is 1. The molecule has 0 amide bonds. The van der Waals surface area contributed by atoms with Crippen molar-refractivity contribution in [3.63, 3.8) is 0 Å². The van der Waals surface area contributed by atoms with E-state index in [4.69, 9.17) is 5.73 Å². The highest BCUT2D eigenvalue weighted by molar-refractivity contribution is 5.34. The van der Waals surface area contributed by atoms with Gasteiger partial charge in [-0.2, -0.15) is 0 Å². The Kier molecular flexibility index (Phi) is 3.02. The normalized spacial score (nSPS) is 29.2. The molecular weight excluding hydrogens is 210 g/mol. The zero-order chi connectivity index (χ0) is 11.7. The molecule has 1 saturated carbocycles. The molecule has 2 fully saturated rings. The summed E-state index contributed by atoms with van der Waals surface area (Å²) in [7, 11) is 0. The van der Waals surface area contributed by atoms with Crippen LogP contribution < -0.4 is 5.73 Å². The van der Waals surface area contributed by atoms with Crippen LogP contribution in [0.15, 0.2) is 18.3 Å². The topological polar surface area (TPSA) is 42.1 Å². The van der Waals surface area contributed by atoms with Crippen LogP contribution in [0.5, 0.6) is 0 Å². The Morgan fingerprint density at radius 2 is 2.12 bits per heavy atom. The summed E-state index contributed by atoms with van der Waals surface area (Å²) in [6.07, 6.45) is 8.83. The Morgan fingerprint density at radius 1 is 1.24 bits per heavy atom. The largest absolute Gasteiger partial charge is 0.397 e. The van der Waals surface area contributed by atoms with Gasteiger partial charge in [0.1, 0.15) is 0 Å². The van der Waals surface area contributed by atoms with Crippen LogP contribution in [0.3, 0.4) is 0 Å². The molecule has 1 aliphatic carbocycles. The lowest BCUT2D eigenvalue weighted by Crippen LogP contribution is -2.34. The van der Waals surface area contributed by atoms with Gasteiger partial charge in [0, 0.05) is 12.6 Å².